The Morgan fingerprint density at radius 1 is 1.12 bits per heavy atom. The molecule has 0 radical (unpaired) electrons. The lowest BCUT2D eigenvalue weighted by Crippen LogP contribution is -2.15. The van der Waals surface area contributed by atoms with E-state index in [0.29, 0.717) is 29.4 Å². The Bertz CT molecular complexity index is 1110. The minimum Gasteiger partial charge on any atom is -0.449 e. The molecule has 0 atom stereocenters. The van der Waals surface area contributed by atoms with Gasteiger partial charge in [-0.2, -0.15) is 9.72 Å². The third kappa shape index (κ3) is 6.53. The Kier molecular flexibility index (Phi) is 8.13. The van der Waals surface area contributed by atoms with Crippen LogP contribution in [0.15, 0.2) is 63.0 Å². The Labute approximate surface area is 184 Å². The van der Waals surface area contributed by atoms with Gasteiger partial charge >= 0.3 is 11.8 Å². The summed E-state index contributed by atoms with van der Waals surface area (Å²) in [6.45, 7) is 2.48. The van der Waals surface area contributed by atoms with Crippen LogP contribution in [0.25, 0.3) is 0 Å². The van der Waals surface area contributed by atoms with Gasteiger partial charge in [0, 0.05) is 12.6 Å². The van der Waals surface area contributed by atoms with Crippen LogP contribution in [0.1, 0.15) is 43.3 Å². The zero-order valence-corrected chi connectivity index (χ0v) is 18.0. The SMILES string of the molecule is CCCCCOC(=O)Nc1cccc(CO/N=C(/c2ccccc2)c2nc(=O)on2C)n1. The van der Waals surface area contributed by atoms with Crippen molar-refractivity contribution in [3.8, 4) is 0 Å². The van der Waals surface area contributed by atoms with Gasteiger partial charge in [-0.25, -0.2) is 14.6 Å². The topological polar surface area (TPSA) is 121 Å². The van der Waals surface area contributed by atoms with Crippen molar-refractivity contribution in [3.05, 3.63) is 76.2 Å². The van der Waals surface area contributed by atoms with Crippen LogP contribution in [0.2, 0.25) is 0 Å². The molecule has 0 aliphatic carbocycles. The number of rotatable bonds is 10. The average Bonchev–Trinajstić information content (AvgIpc) is 3.12. The molecule has 0 spiro atoms. The van der Waals surface area contributed by atoms with Crippen molar-refractivity contribution < 1.29 is 18.9 Å². The summed E-state index contributed by atoms with van der Waals surface area (Å²) in [5, 5.41) is 6.76. The molecule has 0 saturated carbocycles. The lowest BCUT2D eigenvalue weighted by molar-refractivity contribution is 0.127. The molecule has 10 heteroatoms. The van der Waals surface area contributed by atoms with Crippen molar-refractivity contribution >= 4 is 17.6 Å². The van der Waals surface area contributed by atoms with Crippen LogP contribution in [-0.4, -0.2) is 33.1 Å². The molecule has 0 unspecified atom stereocenters. The van der Waals surface area contributed by atoms with Crippen LogP contribution in [0.5, 0.6) is 0 Å². The summed E-state index contributed by atoms with van der Waals surface area (Å²) in [7, 11) is 1.56. The summed E-state index contributed by atoms with van der Waals surface area (Å²) in [5.74, 6) is -0.152. The highest BCUT2D eigenvalue weighted by Crippen LogP contribution is 2.11. The number of nitrogens with one attached hydrogen (secondary N) is 1. The van der Waals surface area contributed by atoms with E-state index in [2.05, 4.69) is 27.4 Å². The minimum absolute atomic E-state index is 0.0310. The van der Waals surface area contributed by atoms with E-state index in [1.54, 1.807) is 25.2 Å². The van der Waals surface area contributed by atoms with Gasteiger partial charge in [-0.3, -0.25) is 5.32 Å². The molecule has 1 aromatic carbocycles. The van der Waals surface area contributed by atoms with Crippen molar-refractivity contribution in [3.63, 3.8) is 0 Å². The van der Waals surface area contributed by atoms with Gasteiger partial charge in [-0.1, -0.05) is 61.3 Å². The van der Waals surface area contributed by atoms with Crippen LogP contribution in [0, 0.1) is 0 Å². The van der Waals surface area contributed by atoms with E-state index < -0.39 is 11.8 Å². The number of unbranched alkanes of at least 4 members (excludes halogenated alkanes) is 2. The summed E-state index contributed by atoms with van der Waals surface area (Å²) < 4.78 is 11.3. The summed E-state index contributed by atoms with van der Waals surface area (Å²) in [6.07, 6.45) is 2.33. The Morgan fingerprint density at radius 3 is 2.66 bits per heavy atom. The van der Waals surface area contributed by atoms with Gasteiger partial charge in [0.1, 0.15) is 5.82 Å². The molecule has 3 aromatic rings. The Balaban J connectivity index is 1.67. The number of nitrogens with zero attached hydrogens (tertiary/aromatic N) is 4. The van der Waals surface area contributed by atoms with Gasteiger partial charge in [0.05, 0.1) is 12.3 Å². The molecule has 0 aliphatic rings. The van der Waals surface area contributed by atoms with Crippen molar-refractivity contribution in [2.24, 2.45) is 12.2 Å². The maximum absolute atomic E-state index is 11.9. The zero-order valence-electron chi connectivity index (χ0n) is 18.0. The van der Waals surface area contributed by atoms with E-state index in [9.17, 15) is 9.59 Å². The summed E-state index contributed by atoms with van der Waals surface area (Å²) in [4.78, 5) is 37.0. The normalized spacial score (nSPS) is 11.2. The van der Waals surface area contributed by atoms with Crippen LogP contribution in [0.4, 0.5) is 10.6 Å². The number of amides is 1. The first-order chi connectivity index (χ1) is 15.6. The third-order valence-electron chi connectivity index (χ3n) is 4.36. The van der Waals surface area contributed by atoms with E-state index in [4.69, 9.17) is 14.1 Å². The fourth-order valence-corrected chi connectivity index (χ4v) is 2.81. The molecule has 1 amide bonds. The number of benzene rings is 1. The summed E-state index contributed by atoms with van der Waals surface area (Å²) >= 11 is 0. The smallest absolute Gasteiger partial charge is 0.449 e. The fourth-order valence-electron chi connectivity index (χ4n) is 2.81. The third-order valence-corrected chi connectivity index (χ3v) is 4.36. The van der Waals surface area contributed by atoms with E-state index in [-0.39, 0.29) is 12.4 Å². The number of carbonyl (C=O) groups excluding carboxylic acids is 1. The number of aryl methyl sites for hydroxylation is 1. The number of aromatic nitrogens is 3. The molecule has 2 heterocycles. The summed E-state index contributed by atoms with van der Waals surface area (Å²) in [6, 6.07) is 14.3. The van der Waals surface area contributed by atoms with Gasteiger partial charge < -0.3 is 14.1 Å². The molecule has 0 bridgehead atoms. The quantitative estimate of drug-likeness (QED) is 0.292. The highest BCUT2D eigenvalue weighted by atomic mass is 16.6. The van der Waals surface area contributed by atoms with Crippen LogP contribution >= 0.6 is 0 Å². The van der Waals surface area contributed by atoms with Gasteiger partial charge in [0.2, 0.25) is 0 Å². The number of hydrogen-bond acceptors (Lipinski definition) is 8. The fraction of sp³-hybridized carbons (Fsp3) is 0.318. The van der Waals surface area contributed by atoms with Crippen molar-refractivity contribution in [2.45, 2.75) is 32.8 Å². The molecule has 1 N–H and O–H groups in total. The largest absolute Gasteiger partial charge is 0.460 e. The maximum atomic E-state index is 11.9. The Hall–Kier alpha value is -3.95. The molecule has 0 saturated heterocycles. The molecule has 2 aromatic heterocycles. The van der Waals surface area contributed by atoms with Crippen LogP contribution < -0.4 is 11.1 Å². The Morgan fingerprint density at radius 2 is 1.94 bits per heavy atom. The lowest BCUT2D eigenvalue weighted by Gasteiger charge is -2.08. The van der Waals surface area contributed by atoms with Gasteiger partial charge in [0.25, 0.3) is 0 Å². The number of pyridine rings is 1. The highest BCUT2D eigenvalue weighted by molar-refractivity contribution is 6.10. The van der Waals surface area contributed by atoms with Crippen molar-refractivity contribution in [1.82, 2.24) is 14.7 Å². The predicted molar refractivity (Wildman–Crippen MR) is 117 cm³/mol. The van der Waals surface area contributed by atoms with Gasteiger partial charge in [-0.05, 0) is 18.6 Å². The average molecular weight is 439 g/mol. The molecule has 0 aliphatic heterocycles. The number of carbonyl (C=O) groups is 1. The van der Waals surface area contributed by atoms with Crippen molar-refractivity contribution in [1.29, 1.82) is 0 Å². The van der Waals surface area contributed by atoms with Crippen molar-refractivity contribution in [2.75, 3.05) is 11.9 Å². The zero-order chi connectivity index (χ0) is 22.8. The summed E-state index contributed by atoms with van der Waals surface area (Å²) in [5.41, 5.74) is 1.58. The minimum atomic E-state index is -0.729. The van der Waals surface area contributed by atoms with E-state index in [0.717, 1.165) is 19.3 Å². The number of oxime groups is 1. The molecule has 10 nitrogen and oxygen atoms in total. The molecule has 168 valence electrons. The maximum Gasteiger partial charge on any atom is 0.460 e. The molecule has 0 fully saturated rings. The second kappa shape index (κ2) is 11.4. The lowest BCUT2D eigenvalue weighted by atomic mass is 10.1. The number of ether oxygens (including phenoxy) is 1. The van der Waals surface area contributed by atoms with E-state index in [1.807, 2.05) is 30.3 Å². The van der Waals surface area contributed by atoms with Gasteiger partial charge in [0.15, 0.2) is 18.1 Å². The second-order valence-corrected chi connectivity index (χ2v) is 6.85. The standard InChI is InChI=1S/C22H25N5O5/c1-3-4-8-14-30-21(28)24-18-13-9-12-17(23-18)15-31-26-19(16-10-6-5-7-11-16)20-25-22(29)32-27(20)2/h5-7,9-13H,3-4,8,14-15H2,1-2H3,(H,23,24,28)/b26-19-. The first kappa shape index (κ1) is 22.7. The number of hydrogen-bond donors (Lipinski definition) is 1. The number of anilines is 1. The first-order valence-corrected chi connectivity index (χ1v) is 10.3. The first-order valence-electron chi connectivity index (χ1n) is 10.3. The van der Waals surface area contributed by atoms with Gasteiger partial charge in [-0.15, -0.1) is 0 Å². The molecule has 32 heavy (non-hydrogen) atoms. The molecular weight excluding hydrogens is 414 g/mol. The highest BCUT2D eigenvalue weighted by Gasteiger charge is 2.16. The van der Waals surface area contributed by atoms with Crippen LogP contribution in [-0.2, 0) is 23.2 Å². The van der Waals surface area contributed by atoms with Crippen LogP contribution in [0.3, 0.4) is 0 Å². The molecule has 3 rings (SSSR count). The van der Waals surface area contributed by atoms with E-state index in [1.165, 1.54) is 4.74 Å². The predicted octanol–water partition coefficient (Wildman–Crippen LogP) is 3.48. The molecular formula is C22H25N5O5. The monoisotopic (exact) mass is 439 g/mol. The van der Waals surface area contributed by atoms with E-state index >= 15 is 0 Å². The second-order valence-electron chi connectivity index (χ2n) is 6.85.